The molecule has 3 heterocycles. The Morgan fingerprint density at radius 1 is 1.38 bits per heavy atom. The molecule has 1 aliphatic carbocycles. The first-order chi connectivity index (χ1) is 11.7. The normalized spacial score (nSPS) is 14.9. The van der Waals surface area contributed by atoms with Gasteiger partial charge in [0.05, 0.1) is 11.1 Å². The zero-order valence-electron chi connectivity index (χ0n) is 12.8. The van der Waals surface area contributed by atoms with Crippen LogP contribution in [0.4, 0.5) is 0 Å². The number of nitrogens with zero attached hydrogens (tertiary/aromatic N) is 3. The summed E-state index contributed by atoms with van der Waals surface area (Å²) >= 11 is 9.18. The van der Waals surface area contributed by atoms with E-state index in [4.69, 9.17) is 11.6 Å². The maximum Gasteiger partial charge on any atom is 0.281 e. The van der Waals surface area contributed by atoms with Crippen LogP contribution in [0.2, 0.25) is 5.15 Å². The SMILES string of the molecule is O=C(N/N=C\c1c(Cl)nc2sccn12)c1cc2c(s1)CCCCC2. The Kier molecular flexibility index (Phi) is 4.39. The number of nitrogens with one attached hydrogen (secondary N) is 1. The topological polar surface area (TPSA) is 58.8 Å². The lowest BCUT2D eigenvalue weighted by molar-refractivity contribution is 0.0959. The van der Waals surface area contributed by atoms with E-state index < -0.39 is 0 Å². The number of thiophene rings is 1. The van der Waals surface area contributed by atoms with Gasteiger partial charge in [0.2, 0.25) is 0 Å². The number of amides is 1. The van der Waals surface area contributed by atoms with E-state index in [2.05, 4.69) is 15.5 Å². The van der Waals surface area contributed by atoms with Gasteiger partial charge in [-0.05, 0) is 37.3 Å². The van der Waals surface area contributed by atoms with Gasteiger partial charge in [0.25, 0.3) is 5.91 Å². The van der Waals surface area contributed by atoms with Crippen molar-refractivity contribution in [3.63, 3.8) is 0 Å². The second-order valence-electron chi connectivity index (χ2n) is 5.66. The molecular weight excluding hydrogens is 364 g/mol. The Morgan fingerprint density at radius 2 is 2.25 bits per heavy atom. The highest BCUT2D eigenvalue weighted by Crippen LogP contribution is 2.29. The van der Waals surface area contributed by atoms with Crippen LogP contribution in [0.25, 0.3) is 4.96 Å². The number of carbonyl (C=O) groups is 1. The molecule has 4 rings (SSSR count). The number of carbonyl (C=O) groups excluding carboxylic acids is 1. The lowest BCUT2D eigenvalue weighted by Gasteiger charge is -1.96. The molecule has 0 spiro atoms. The highest BCUT2D eigenvalue weighted by molar-refractivity contribution is 7.15. The highest BCUT2D eigenvalue weighted by atomic mass is 35.5. The Hall–Kier alpha value is -1.70. The summed E-state index contributed by atoms with van der Waals surface area (Å²) in [5.41, 5.74) is 4.58. The predicted molar refractivity (Wildman–Crippen MR) is 98.7 cm³/mol. The lowest BCUT2D eigenvalue weighted by atomic mass is 10.1. The molecule has 0 bridgehead atoms. The first-order valence-corrected chi connectivity index (χ1v) is 9.86. The number of rotatable bonds is 3. The van der Waals surface area contributed by atoms with Crippen LogP contribution < -0.4 is 5.43 Å². The first-order valence-electron chi connectivity index (χ1n) is 7.78. The molecule has 1 amide bonds. The van der Waals surface area contributed by atoms with E-state index in [9.17, 15) is 4.79 Å². The van der Waals surface area contributed by atoms with Crippen LogP contribution in [0.15, 0.2) is 22.7 Å². The maximum absolute atomic E-state index is 12.3. The fourth-order valence-electron chi connectivity index (χ4n) is 2.88. The van der Waals surface area contributed by atoms with Gasteiger partial charge in [0.1, 0.15) is 5.69 Å². The fourth-order valence-corrected chi connectivity index (χ4v) is 5.01. The molecule has 5 nitrogen and oxygen atoms in total. The Morgan fingerprint density at radius 3 is 3.17 bits per heavy atom. The zero-order chi connectivity index (χ0) is 16.5. The van der Waals surface area contributed by atoms with Crippen molar-refractivity contribution in [3.05, 3.63) is 43.8 Å². The lowest BCUT2D eigenvalue weighted by Crippen LogP contribution is -2.16. The van der Waals surface area contributed by atoms with Crippen molar-refractivity contribution in [3.8, 4) is 0 Å². The van der Waals surface area contributed by atoms with Crippen LogP contribution in [0.1, 0.15) is 45.1 Å². The molecule has 3 aromatic rings. The second-order valence-corrected chi connectivity index (χ2v) is 8.03. The Balaban J connectivity index is 1.48. The third-order valence-corrected chi connectivity index (χ3v) is 6.35. The summed E-state index contributed by atoms with van der Waals surface area (Å²) in [7, 11) is 0. The van der Waals surface area contributed by atoms with Crippen molar-refractivity contribution >= 4 is 51.4 Å². The summed E-state index contributed by atoms with van der Waals surface area (Å²) in [5, 5.41) is 6.35. The molecule has 0 atom stereocenters. The number of hydrogen-bond donors (Lipinski definition) is 1. The van der Waals surface area contributed by atoms with Gasteiger partial charge in [-0.1, -0.05) is 18.0 Å². The van der Waals surface area contributed by atoms with E-state index in [-0.39, 0.29) is 5.91 Å². The van der Waals surface area contributed by atoms with Crippen LogP contribution in [0.5, 0.6) is 0 Å². The monoisotopic (exact) mass is 378 g/mol. The average molecular weight is 379 g/mol. The van der Waals surface area contributed by atoms with Crippen LogP contribution >= 0.6 is 34.3 Å². The van der Waals surface area contributed by atoms with Gasteiger partial charge >= 0.3 is 0 Å². The summed E-state index contributed by atoms with van der Waals surface area (Å²) in [5.74, 6) is -0.175. The Labute approximate surface area is 152 Å². The highest BCUT2D eigenvalue weighted by Gasteiger charge is 2.16. The molecule has 0 fully saturated rings. The quantitative estimate of drug-likeness (QED) is 0.423. The van der Waals surface area contributed by atoms with Gasteiger partial charge < -0.3 is 0 Å². The number of aryl methyl sites for hydroxylation is 2. The number of imidazole rings is 1. The van der Waals surface area contributed by atoms with Gasteiger partial charge in [0.15, 0.2) is 10.1 Å². The van der Waals surface area contributed by atoms with Crippen molar-refractivity contribution in [1.29, 1.82) is 0 Å². The van der Waals surface area contributed by atoms with Crippen molar-refractivity contribution in [2.24, 2.45) is 5.10 Å². The molecule has 0 saturated carbocycles. The molecule has 0 aromatic carbocycles. The molecule has 3 aromatic heterocycles. The van der Waals surface area contributed by atoms with Gasteiger partial charge in [-0.25, -0.2) is 10.4 Å². The number of hydrazone groups is 1. The van der Waals surface area contributed by atoms with E-state index >= 15 is 0 Å². The number of aromatic nitrogens is 2. The minimum Gasteiger partial charge on any atom is -0.288 e. The average Bonchev–Trinajstić information content (AvgIpc) is 3.20. The molecule has 0 radical (unpaired) electrons. The second kappa shape index (κ2) is 6.66. The molecule has 124 valence electrons. The molecule has 0 aliphatic heterocycles. The van der Waals surface area contributed by atoms with Gasteiger partial charge in [-0.15, -0.1) is 22.7 Å². The third-order valence-electron chi connectivity index (χ3n) is 4.08. The van der Waals surface area contributed by atoms with Crippen LogP contribution in [-0.2, 0) is 12.8 Å². The summed E-state index contributed by atoms with van der Waals surface area (Å²) < 4.78 is 1.84. The number of fused-ring (bicyclic) bond motifs is 2. The van der Waals surface area contributed by atoms with Gasteiger partial charge in [-0.3, -0.25) is 9.20 Å². The first kappa shape index (κ1) is 15.8. The number of halogens is 1. The van der Waals surface area contributed by atoms with Crippen LogP contribution in [0, 0.1) is 0 Å². The van der Waals surface area contributed by atoms with Crippen LogP contribution in [0.3, 0.4) is 0 Å². The van der Waals surface area contributed by atoms with E-state index in [1.54, 1.807) is 11.3 Å². The van der Waals surface area contributed by atoms with E-state index in [1.807, 2.05) is 22.0 Å². The maximum atomic E-state index is 12.3. The summed E-state index contributed by atoms with van der Waals surface area (Å²) in [6.45, 7) is 0. The summed E-state index contributed by atoms with van der Waals surface area (Å²) in [4.78, 5) is 19.4. The standard InChI is InChI=1S/C16H15ClN4OS2/c17-14-11(21-6-7-23-16(21)19-14)9-18-20-15(22)13-8-10-4-2-1-3-5-12(10)24-13/h6-9H,1-5H2,(H,20,22)/b18-9-. The van der Waals surface area contributed by atoms with Crippen LogP contribution in [-0.4, -0.2) is 21.5 Å². The fraction of sp³-hybridized carbons (Fsp3) is 0.312. The minimum atomic E-state index is -0.175. The van der Waals surface area contributed by atoms with Crippen molar-refractivity contribution < 1.29 is 4.79 Å². The van der Waals surface area contributed by atoms with E-state index in [0.29, 0.717) is 10.8 Å². The van der Waals surface area contributed by atoms with Gasteiger partial charge in [0, 0.05) is 16.5 Å². The van der Waals surface area contributed by atoms with Gasteiger partial charge in [-0.2, -0.15) is 5.10 Å². The summed E-state index contributed by atoms with van der Waals surface area (Å²) in [6.07, 6.45) is 9.25. The number of thiazole rings is 1. The van der Waals surface area contributed by atoms with E-state index in [1.165, 1.54) is 47.3 Å². The van der Waals surface area contributed by atoms with Crippen molar-refractivity contribution in [1.82, 2.24) is 14.8 Å². The smallest absolute Gasteiger partial charge is 0.281 e. The molecule has 1 aliphatic rings. The molecular formula is C16H15ClN4OS2. The minimum absolute atomic E-state index is 0.175. The molecule has 1 N–H and O–H groups in total. The molecule has 0 saturated heterocycles. The molecule has 8 heteroatoms. The largest absolute Gasteiger partial charge is 0.288 e. The third kappa shape index (κ3) is 2.99. The summed E-state index contributed by atoms with van der Waals surface area (Å²) in [6, 6.07) is 2.01. The zero-order valence-corrected chi connectivity index (χ0v) is 15.2. The molecule has 24 heavy (non-hydrogen) atoms. The van der Waals surface area contributed by atoms with Crippen molar-refractivity contribution in [2.75, 3.05) is 0 Å². The van der Waals surface area contributed by atoms with E-state index in [0.717, 1.165) is 22.7 Å². The predicted octanol–water partition coefficient (Wildman–Crippen LogP) is 4.14. The number of hydrogen-bond acceptors (Lipinski definition) is 5. The Bertz CT molecular complexity index is 900. The molecule has 0 unspecified atom stereocenters. The van der Waals surface area contributed by atoms with Crippen molar-refractivity contribution in [2.45, 2.75) is 32.1 Å².